The summed E-state index contributed by atoms with van der Waals surface area (Å²) in [5, 5.41) is 8.09. The third-order valence-corrected chi connectivity index (χ3v) is 26.7. The van der Waals surface area contributed by atoms with Gasteiger partial charge in [-0.25, -0.2) is 0 Å². The molecule has 0 bridgehead atoms. The van der Waals surface area contributed by atoms with Crippen LogP contribution in [0.3, 0.4) is 0 Å². The Morgan fingerprint density at radius 3 is 0.717 bits per heavy atom. The summed E-state index contributed by atoms with van der Waals surface area (Å²) in [4.78, 5) is 4.08. The number of aryl methyl sites for hydroxylation is 1. The Balaban J connectivity index is -0.000000589. The molecule has 3 heterocycles. The predicted octanol–water partition coefficient (Wildman–Crippen LogP) is 28.2. The van der Waals surface area contributed by atoms with Gasteiger partial charge < -0.3 is 0 Å². The van der Waals surface area contributed by atoms with E-state index >= 15 is 0 Å². The lowest BCUT2D eigenvalue weighted by atomic mass is 10.1. The number of fused-ring (bicyclic) bond motifs is 8. The minimum absolute atomic E-state index is 0.0146. The molecule has 0 unspecified atom stereocenters. The molecule has 0 spiro atoms. The van der Waals surface area contributed by atoms with Crippen molar-refractivity contribution in [3.63, 3.8) is 0 Å². The minimum Gasteiger partial charge on any atom is -0.0683 e. The van der Waals surface area contributed by atoms with Gasteiger partial charge in [0, 0.05) is 28.3 Å². The molecule has 1 fully saturated rings. The largest absolute Gasteiger partial charge is 0.359 e. The topological polar surface area (TPSA) is 0 Å². The first-order valence-electron chi connectivity index (χ1n) is 42.2. The Bertz CT molecular complexity index is 3850. The number of halogens is 2. The molecule has 13 aromatic carbocycles. The molecule has 16 rings (SSSR count). The second kappa shape index (κ2) is 80.3. The van der Waals surface area contributed by atoms with Crippen molar-refractivity contribution in [3.05, 3.63) is 360 Å². The zero-order valence-electron chi connectivity index (χ0n) is 75.6. The number of benzene rings is 13. The van der Waals surface area contributed by atoms with Crippen LogP contribution in [0.5, 0.6) is 0 Å². The van der Waals surface area contributed by atoms with Crippen molar-refractivity contribution in [2.24, 2.45) is 6.26 Å². The lowest BCUT2D eigenvalue weighted by Crippen LogP contribution is -3.61. The highest BCUT2D eigenvalue weighted by Gasteiger charge is 2.32. The molecule has 1 saturated heterocycles. The van der Waals surface area contributed by atoms with E-state index in [4.69, 9.17) is 0 Å². The van der Waals surface area contributed by atoms with Gasteiger partial charge in [0.25, 0.3) is 0 Å². The summed E-state index contributed by atoms with van der Waals surface area (Å²) in [5.74, 6) is 4.52. The maximum Gasteiger partial charge on any atom is 0.359 e. The second-order valence-electron chi connectivity index (χ2n) is 21.1. The fourth-order valence-electron chi connectivity index (χ4n) is 9.73. The number of rotatable bonds is 6. The Morgan fingerprint density at radius 1 is 0.274 bits per heavy atom. The van der Waals surface area contributed by atoms with Gasteiger partial charge >= 0.3 is 42.4 Å². The minimum atomic E-state index is -0.0146. The van der Waals surface area contributed by atoms with Gasteiger partial charge in [-0.05, 0) is 170 Å². The van der Waals surface area contributed by atoms with Crippen LogP contribution < -0.4 is 42.4 Å². The van der Waals surface area contributed by atoms with Crippen molar-refractivity contribution >= 4 is 84.9 Å². The van der Waals surface area contributed by atoms with E-state index in [1.54, 1.807) is 7.14 Å². The molecular weight excluding hydrogens is 1670 g/mol. The first-order chi connectivity index (χ1) is 55.8. The molecule has 0 aliphatic carbocycles. The molecule has 0 saturated carbocycles. The molecule has 113 heavy (non-hydrogen) atoms. The van der Waals surface area contributed by atoms with Crippen LogP contribution >= 0.6 is 10.5 Å². The maximum atomic E-state index is 2.31. The van der Waals surface area contributed by atoms with Crippen LogP contribution in [-0.2, 0) is 38.9 Å². The highest BCUT2D eigenvalue weighted by atomic mass is 127. The molecule has 0 atom stereocenters. The van der Waals surface area contributed by atoms with Crippen molar-refractivity contribution in [2.75, 3.05) is 36.0 Å². The molecule has 0 N–H and O–H groups in total. The summed E-state index contributed by atoms with van der Waals surface area (Å²) >= 11 is 0.131. The SMILES string of the molecule is CC.CC.CC.CC.CC.CC.CC.CC.CC.CC.CC.CC.CC[S+]1CCC1.C[S+](C)C.C[s+]1c2ccccc2c2ccccc21.c1ccc([I+]c2ccccc2)cc1.c1ccc([S+](c2ccccc2)c2ccccc2)cc1.c1ccc2c(c1)[I+]c1ccccc1-2.c1ccc2ccccc2c1.c1ccc2ccccc2c1. The number of thiophene rings is 1. The Hall–Kier alpha value is -6.89. The smallest absolute Gasteiger partial charge is 0.0683 e. The summed E-state index contributed by atoms with van der Waals surface area (Å²) in [5.41, 5.74) is 2.93. The first-order valence-corrected chi connectivity index (χ1v) is 53.5. The molecule has 0 amide bonds. The zero-order valence-corrected chi connectivity index (χ0v) is 83.2. The normalized spacial score (nSPS) is 9.69. The highest BCUT2D eigenvalue weighted by Crippen LogP contribution is 2.40. The van der Waals surface area contributed by atoms with Gasteiger partial charge in [0.05, 0.1) is 29.7 Å². The average Bonchev–Trinajstić information content (AvgIpc) is 1.64. The fraction of sp³-hybridized carbons (Fsp3) is 0.308. The Morgan fingerprint density at radius 2 is 0.487 bits per heavy atom. The molecule has 0 radical (unpaired) electrons. The monoisotopic (exact) mass is 1820 g/mol. The van der Waals surface area contributed by atoms with E-state index < -0.39 is 0 Å². The van der Waals surface area contributed by atoms with E-state index in [-0.39, 0.29) is 63.8 Å². The van der Waals surface area contributed by atoms with Crippen molar-refractivity contribution in [1.29, 1.82) is 0 Å². The van der Waals surface area contributed by atoms with Crippen LogP contribution in [0.1, 0.15) is 180 Å². The van der Waals surface area contributed by atoms with Gasteiger partial charge in [0.2, 0.25) is 7.14 Å². The van der Waals surface area contributed by atoms with Crippen LogP contribution in [0.25, 0.3) is 52.8 Å². The van der Waals surface area contributed by atoms with Gasteiger partial charge in [-0.2, -0.15) is 0 Å². The van der Waals surface area contributed by atoms with E-state index in [1.807, 2.05) is 166 Å². The summed E-state index contributed by atoms with van der Waals surface area (Å²) < 4.78 is 9.09. The maximum absolute atomic E-state index is 2.31. The van der Waals surface area contributed by atoms with Gasteiger partial charge in [-0.15, -0.1) is 0 Å². The quantitative estimate of drug-likeness (QED) is 0.115. The third-order valence-electron chi connectivity index (χ3n) is 14.2. The lowest BCUT2D eigenvalue weighted by Gasteiger charge is -2.12. The van der Waals surface area contributed by atoms with Gasteiger partial charge in [0.1, 0.15) is 23.5 Å². The zero-order chi connectivity index (χ0) is 85.7. The van der Waals surface area contributed by atoms with Crippen LogP contribution in [0.15, 0.2) is 360 Å². The molecule has 2 aliphatic rings. The molecule has 1 aromatic heterocycles. The van der Waals surface area contributed by atoms with E-state index in [0.29, 0.717) is 10.9 Å². The predicted molar refractivity (Wildman–Crippen MR) is 527 cm³/mol. The Labute approximate surface area is 727 Å². The fourth-order valence-corrected chi connectivity index (χ4v) is 20.1. The van der Waals surface area contributed by atoms with E-state index in [1.165, 1.54) is 98.4 Å². The molecule has 6 heteroatoms. The van der Waals surface area contributed by atoms with E-state index in [2.05, 4.69) is 378 Å². The molecule has 612 valence electrons. The second-order valence-corrected chi connectivity index (χ2v) is 36.0. The third kappa shape index (κ3) is 45.3. The van der Waals surface area contributed by atoms with Gasteiger partial charge in [-0.3, -0.25) is 0 Å². The summed E-state index contributed by atoms with van der Waals surface area (Å²) in [6, 6.07) is 122. The van der Waals surface area contributed by atoms with E-state index in [0.717, 1.165) is 10.9 Å². The van der Waals surface area contributed by atoms with Crippen molar-refractivity contribution < 1.29 is 42.4 Å². The first kappa shape index (κ1) is 112. The van der Waals surface area contributed by atoms with Gasteiger partial charge in [0.15, 0.2) is 31.2 Å². The highest BCUT2D eigenvalue weighted by molar-refractivity contribution is 7.98. The summed E-state index contributed by atoms with van der Waals surface area (Å²) in [7, 11) is 1.80. The average molecular weight is 1820 g/mol. The van der Waals surface area contributed by atoms with Crippen molar-refractivity contribution in [2.45, 2.75) is 194 Å². The van der Waals surface area contributed by atoms with Crippen LogP contribution in [0.4, 0.5) is 0 Å². The van der Waals surface area contributed by atoms with Crippen molar-refractivity contribution in [1.82, 2.24) is 0 Å². The molecular formula is C107H152I2S4+6. The summed E-state index contributed by atoms with van der Waals surface area (Å²) in [6.07, 6.45) is 10.4. The standard InChI is InChI=1S/C18H15S.C13H11S.C12H8I.C12H10I.2C10H8.C5H11S.C3H9S.12C2H6/c1-4-10-16(11-5-1)19(17-12-6-2-7-13-17)18-14-8-3-9-15-18;1-14-12-8-4-2-6-10(12)11-7-3-5-9-13(11)14;1-3-7-11-9(5-1)10-6-2-4-8-12(10)13-11;1-3-7-11(8-4-1)13-12-9-5-2-6-10-12;2*1-2-6-10-8-4-3-7-9(10)5-1;1-2-6-4-3-5-6;1-4(2)3;12*1-2/h1-15H;2-9H,1H3;1-8H;1-10H;2*1-8H;2-5H2,1H3;1-3H3;12*1-2H3/q4*+1;;;2*+1;;;;;;;;;;;;. The summed E-state index contributed by atoms with van der Waals surface area (Å²) in [6.45, 7) is 50.3. The van der Waals surface area contributed by atoms with Crippen LogP contribution in [0.2, 0.25) is 0 Å². The van der Waals surface area contributed by atoms with Crippen LogP contribution in [-0.4, -0.2) is 36.0 Å². The molecule has 14 aromatic rings. The molecule has 0 nitrogen and oxygen atoms in total. The lowest BCUT2D eigenvalue weighted by molar-refractivity contribution is -0.597. The van der Waals surface area contributed by atoms with Crippen LogP contribution in [0, 0.1) is 14.3 Å². The molecule has 2 aliphatic heterocycles. The number of hydrogen-bond donors (Lipinski definition) is 0. The van der Waals surface area contributed by atoms with Gasteiger partial charge in [-0.1, -0.05) is 403 Å². The Kier molecular flexibility index (Phi) is 79.9. The number of hydrogen-bond acceptors (Lipinski definition) is 0. The van der Waals surface area contributed by atoms with Crippen molar-refractivity contribution in [3.8, 4) is 11.1 Å². The van der Waals surface area contributed by atoms with E-state index in [9.17, 15) is 0 Å².